The van der Waals surface area contributed by atoms with Crippen LogP contribution in [-0.2, 0) is 4.74 Å². The summed E-state index contributed by atoms with van der Waals surface area (Å²) in [6.45, 7) is 8.15. The topological polar surface area (TPSA) is 38.8 Å². The van der Waals surface area contributed by atoms with Gasteiger partial charge < -0.3 is 9.47 Å². The summed E-state index contributed by atoms with van der Waals surface area (Å²) >= 11 is 0. The third-order valence-corrected chi connectivity index (χ3v) is 3.06. The fraction of sp³-hybridized carbons (Fsp3) is 0.533. The largest absolute Gasteiger partial charge is 0.486 e. The van der Waals surface area contributed by atoms with Crippen molar-refractivity contribution < 1.29 is 14.3 Å². The van der Waals surface area contributed by atoms with Crippen LogP contribution in [0.1, 0.15) is 27.7 Å². The molecule has 0 unspecified atom stereocenters. The first-order valence-electron chi connectivity index (χ1n) is 6.58. The molecule has 104 valence electrons. The Morgan fingerprint density at radius 1 is 1.26 bits per heavy atom. The van der Waals surface area contributed by atoms with Gasteiger partial charge in [-0.3, -0.25) is 4.90 Å². The van der Waals surface area contributed by atoms with E-state index in [1.54, 1.807) is 4.90 Å². The Bertz CT molecular complexity index is 438. The van der Waals surface area contributed by atoms with Crippen LogP contribution in [0.25, 0.3) is 0 Å². The number of hydrogen-bond donors (Lipinski definition) is 0. The Morgan fingerprint density at radius 3 is 2.42 bits per heavy atom. The average Bonchev–Trinajstić information content (AvgIpc) is 2.32. The minimum absolute atomic E-state index is 0.0370. The number of para-hydroxylation sites is 1. The van der Waals surface area contributed by atoms with Crippen molar-refractivity contribution in [3.05, 3.63) is 30.3 Å². The molecule has 1 aromatic carbocycles. The fourth-order valence-electron chi connectivity index (χ4n) is 1.95. The molecule has 1 amide bonds. The summed E-state index contributed by atoms with van der Waals surface area (Å²) in [6.07, 6.45) is -0.233. The summed E-state index contributed by atoms with van der Waals surface area (Å²) in [4.78, 5) is 13.6. The Kier molecular flexibility index (Phi) is 3.69. The minimum atomic E-state index is -0.456. The van der Waals surface area contributed by atoms with E-state index in [1.165, 1.54) is 0 Å². The molecule has 0 N–H and O–H groups in total. The van der Waals surface area contributed by atoms with Gasteiger partial charge in [0.25, 0.3) is 0 Å². The molecule has 1 aliphatic rings. The molecule has 4 heteroatoms. The van der Waals surface area contributed by atoms with Crippen molar-refractivity contribution in [1.29, 1.82) is 0 Å². The van der Waals surface area contributed by atoms with E-state index in [0.29, 0.717) is 6.54 Å². The van der Waals surface area contributed by atoms with Crippen LogP contribution in [0.15, 0.2) is 30.3 Å². The van der Waals surface area contributed by atoms with Crippen molar-refractivity contribution >= 4 is 6.09 Å². The first kappa shape index (κ1) is 13.7. The van der Waals surface area contributed by atoms with Crippen LogP contribution in [0.4, 0.5) is 4.79 Å². The summed E-state index contributed by atoms with van der Waals surface area (Å²) in [5.41, 5.74) is -0.456. The van der Waals surface area contributed by atoms with Gasteiger partial charge in [0.2, 0.25) is 0 Å². The Hall–Kier alpha value is -1.71. The summed E-state index contributed by atoms with van der Waals surface area (Å²) in [5.74, 6) is 0.836. The molecular weight excluding hydrogens is 242 g/mol. The van der Waals surface area contributed by atoms with Crippen molar-refractivity contribution in [2.45, 2.75) is 45.4 Å². The summed E-state index contributed by atoms with van der Waals surface area (Å²) in [6, 6.07) is 9.69. The van der Waals surface area contributed by atoms with E-state index < -0.39 is 5.60 Å². The number of amides is 1. The van der Waals surface area contributed by atoms with Gasteiger partial charge in [-0.15, -0.1) is 0 Å². The number of carbonyl (C=O) groups excluding carboxylic acids is 1. The van der Waals surface area contributed by atoms with Crippen LogP contribution in [-0.4, -0.2) is 35.3 Å². The third-order valence-electron chi connectivity index (χ3n) is 3.06. The molecule has 1 saturated heterocycles. The zero-order valence-corrected chi connectivity index (χ0v) is 11.9. The van der Waals surface area contributed by atoms with Crippen molar-refractivity contribution in [3.8, 4) is 5.75 Å². The third kappa shape index (κ3) is 3.40. The van der Waals surface area contributed by atoms with Crippen molar-refractivity contribution in [3.63, 3.8) is 0 Å². The van der Waals surface area contributed by atoms with Crippen LogP contribution in [0.3, 0.4) is 0 Å². The number of ether oxygens (including phenoxy) is 2. The van der Waals surface area contributed by atoms with E-state index in [2.05, 4.69) is 0 Å². The van der Waals surface area contributed by atoms with E-state index >= 15 is 0 Å². The van der Waals surface area contributed by atoms with Gasteiger partial charge in [0.15, 0.2) is 0 Å². The van der Waals surface area contributed by atoms with Gasteiger partial charge in [-0.25, -0.2) is 4.79 Å². The van der Waals surface area contributed by atoms with E-state index in [-0.39, 0.29) is 18.2 Å². The molecular formula is C15H21NO3. The molecule has 0 aliphatic carbocycles. The molecule has 1 aliphatic heterocycles. The van der Waals surface area contributed by atoms with Crippen molar-refractivity contribution in [2.24, 2.45) is 0 Å². The molecule has 2 rings (SSSR count). The molecule has 1 fully saturated rings. The maximum Gasteiger partial charge on any atom is 0.410 e. The molecule has 0 bridgehead atoms. The van der Waals surface area contributed by atoms with E-state index in [4.69, 9.17) is 9.47 Å². The zero-order valence-electron chi connectivity index (χ0n) is 11.9. The first-order chi connectivity index (χ1) is 8.87. The quantitative estimate of drug-likeness (QED) is 0.823. The maximum absolute atomic E-state index is 11.9. The predicted octanol–water partition coefficient (Wildman–Crippen LogP) is 3.07. The van der Waals surface area contributed by atoms with Crippen LogP contribution in [0.2, 0.25) is 0 Å². The predicted molar refractivity (Wildman–Crippen MR) is 73.3 cm³/mol. The number of likely N-dealkylation sites (tertiary alicyclic amines) is 1. The molecule has 0 radical (unpaired) electrons. The molecule has 1 heterocycles. The van der Waals surface area contributed by atoms with Crippen molar-refractivity contribution in [1.82, 2.24) is 4.90 Å². The summed E-state index contributed by atoms with van der Waals surface area (Å²) in [7, 11) is 0. The SMILES string of the molecule is C[C@@H]1[C@H](Oc2ccccc2)CN1C(=O)OC(C)(C)C. The van der Waals surface area contributed by atoms with Crippen LogP contribution < -0.4 is 4.74 Å². The summed E-state index contributed by atoms with van der Waals surface area (Å²) in [5, 5.41) is 0. The normalized spacial score (nSPS) is 22.6. The number of carbonyl (C=O) groups is 1. The van der Waals surface area contributed by atoms with Crippen LogP contribution >= 0.6 is 0 Å². The lowest BCUT2D eigenvalue weighted by Gasteiger charge is -2.45. The molecule has 0 aromatic heterocycles. The minimum Gasteiger partial charge on any atom is -0.486 e. The highest BCUT2D eigenvalue weighted by atomic mass is 16.6. The number of hydrogen-bond acceptors (Lipinski definition) is 3. The molecule has 2 atom stereocenters. The zero-order chi connectivity index (χ0) is 14.0. The number of rotatable bonds is 2. The Labute approximate surface area is 114 Å². The Balaban J connectivity index is 1.86. The van der Waals surface area contributed by atoms with Gasteiger partial charge in [0, 0.05) is 0 Å². The van der Waals surface area contributed by atoms with Gasteiger partial charge in [-0.05, 0) is 39.8 Å². The van der Waals surface area contributed by atoms with E-state index in [1.807, 2.05) is 58.0 Å². The fourth-order valence-corrected chi connectivity index (χ4v) is 1.95. The van der Waals surface area contributed by atoms with Gasteiger partial charge in [-0.2, -0.15) is 0 Å². The lowest BCUT2D eigenvalue weighted by Crippen LogP contribution is -2.63. The molecule has 1 aromatic rings. The molecule has 0 spiro atoms. The monoisotopic (exact) mass is 263 g/mol. The maximum atomic E-state index is 11.9. The standard InChI is InChI=1S/C15H21NO3/c1-11-13(18-12-8-6-5-7-9-12)10-16(11)14(17)19-15(2,3)4/h5-9,11,13H,10H2,1-4H3/t11-,13-/m1/s1. The van der Waals surface area contributed by atoms with Crippen LogP contribution in [0, 0.1) is 0 Å². The lowest BCUT2D eigenvalue weighted by atomic mass is 10.0. The highest BCUT2D eigenvalue weighted by Gasteiger charge is 2.42. The first-order valence-corrected chi connectivity index (χ1v) is 6.58. The molecule has 19 heavy (non-hydrogen) atoms. The van der Waals surface area contributed by atoms with Gasteiger partial charge in [-0.1, -0.05) is 18.2 Å². The summed E-state index contributed by atoms with van der Waals surface area (Å²) < 4.78 is 11.2. The Morgan fingerprint density at radius 2 is 1.89 bits per heavy atom. The smallest absolute Gasteiger partial charge is 0.410 e. The van der Waals surface area contributed by atoms with Gasteiger partial charge >= 0.3 is 6.09 Å². The second kappa shape index (κ2) is 5.11. The van der Waals surface area contributed by atoms with E-state index in [9.17, 15) is 4.79 Å². The van der Waals surface area contributed by atoms with E-state index in [0.717, 1.165) is 5.75 Å². The number of benzene rings is 1. The average molecular weight is 263 g/mol. The van der Waals surface area contributed by atoms with Gasteiger partial charge in [0.05, 0.1) is 12.6 Å². The molecule has 4 nitrogen and oxygen atoms in total. The van der Waals surface area contributed by atoms with Crippen molar-refractivity contribution in [2.75, 3.05) is 6.54 Å². The molecule has 0 saturated carbocycles. The number of nitrogens with zero attached hydrogens (tertiary/aromatic N) is 1. The highest BCUT2D eigenvalue weighted by Crippen LogP contribution is 2.25. The second-order valence-electron chi connectivity index (χ2n) is 5.84. The lowest BCUT2D eigenvalue weighted by molar-refractivity contribution is -0.0536. The van der Waals surface area contributed by atoms with Crippen LogP contribution in [0.5, 0.6) is 5.75 Å². The second-order valence-corrected chi connectivity index (χ2v) is 5.84. The van der Waals surface area contributed by atoms with Gasteiger partial charge in [0.1, 0.15) is 17.5 Å². The highest BCUT2D eigenvalue weighted by molar-refractivity contribution is 5.70.